The third-order valence-electron chi connectivity index (χ3n) is 2.32. The molecule has 0 amide bonds. The third-order valence-corrected chi connectivity index (χ3v) is 2.32. The normalized spacial score (nSPS) is 13.6. The second-order valence-corrected chi connectivity index (χ2v) is 3.32. The van der Waals surface area contributed by atoms with Gasteiger partial charge in [-0.05, 0) is 24.1 Å². The Morgan fingerprint density at radius 1 is 1.40 bits per heavy atom. The highest BCUT2D eigenvalue weighted by Crippen LogP contribution is 2.21. The molecule has 0 saturated carbocycles. The van der Waals surface area contributed by atoms with Gasteiger partial charge in [-0.3, -0.25) is 0 Å². The number of aliphatic hydroxyl groups excluding tert-OH is 1. The maximum absolute atomic E-state index is 9.63. The summed E-state index contributed by atoms with van der Waals surface area (Å²) < 4.78 is 0. The highest BCUT2D eigenvalue weighted by Gasteiger charge is 2.19. The van der Waals surface area contributed by atoms with Crippen molar-refractivity contribution in [3.8, 4) is 12.1 Å². The molecule has 0 radical (unpaired) electrons. The Labute approximate surface area is 89.2 Å². The smallest absolute Gasteiger partial charge is 0.0991 e. The molecule has 0 aliphatic rings. The van der Waals surface area contributed by atoms with E-state index in [0.717, 1.165) is 0 Å². The van der Waals surface area contributed by atoms with Crippen molar-refractivity contribution in [2.75, 3.05) is 0 Å². The van der Waals surface area contributed by atoms with Crippen LogP contribution in [-0.2, 0) is 0 Å². The van der Waals surface area contributed by atoms with E-state index in [-0.39, 0.29) is 0 Å². The molecule has 0 fully saturated rings. The first kappa shape index (κ1) is 11.2. The third kappa shape index (κ3) is 2.56. The Morgan fingerprint density at radius 2 is 2.13 bits per heavy atom. The average Bonchev–Trinajstić information content (AvgIpc) is 2.30. The standard InChI is InChI=1S/C12H12N2O/c1-2-12(15)11(8-14)10-5-3-4-9(6-10)7-13/h3-6,11-12,15H,2H2,1H3. The van der Waals surface area contributed by atoms with E-state index < -0.39 is 12.0 Å². The van der Waals surface area contributed by atoms with E-state index in [1.165, 1.54) is 0 Å². The summed E-state index contributed by atoms with van der Waals surface area (Å²) in [7, 11) is 0. The lowest BCUT2D eigenvalue weighted by molar-refractivity contribution is 0.157. The summed E-state index contributed by atoms with van der Waals surface area (Å²) in [4.78, 5) is 0. The largest absolute Gasteiger partial charge is 0.391 e. The van der Waals surface area contributed by atoms with Gasteiger partial charge in [0, 0.05) is 0 Å². The molecule has 0 saturated heterocycles. The van der Waals surface area contributed by atoms with Gasteiger partial charge in [0.25, 0.3) is 0 Å². The van der Waals surface area contributed by atoms with Crippen LogP contribution in [0.5, 0.6) is 0 Å². The molecule has 1 rings (SSSR count). The van der Waals surface area contributed by atoms with Gasteiger partial charge in [0.2, 0.25) is 0 Å². The summed E-state index contributed by atoms with van der Waals surface area (Å²) in [5, 5.41) is 27.3. The Hall–Kier alpha value is -1.84. The molecule has 1 aromatic carbocycles. The Bertz CT molecular complexity index is 414. The fourth-order valence-corrected chi connectivity index (χ4v) is 1.42. The zero-order valence-electron chi connectivity index (χ0n) is 8.51. The number of hydrogen-bond acceptors (Lipinski definition) is 3. The van der Waals surface area contributed by atoms with Crippen molar-refractivity contribution in [3.63, 3.8) is 0 Å². The molecular formula is C12H12N2O. The number of rotatable bonds is 3. The first-order valence-corrected chi connectivity index (χ1v) is 4.80. The Morgan fingerprint density at radius 3 is 2.67 bits per heavy atom. The van der Waals surface area contributed by atoms with Crippen LogP contribution in [0.1, 0.15) is 30.4 Å². The summed E-state index contributed by atoms with van der Waals surface area (Å²) in [6.07, 6.45) is -0.154. The van der Waals surface area contributed by atoms with E-state index in [9.17, 15) is 5.11 Å². The van der Waals surface area contributed by atoms with Crippen LogP contribution in [0, 0.1) is 22.7 Å². The molecule has 3 nitrogen and oxygen atoms in total. The van der Waals surface area contributed by atoms with Crippen molar-refractivity contribution >= 4 is 0 Å². The maximum atomic E-state index is 9.63. The summed E-state index contributed by atoms with van der Waals surface area (Å²) in [6, 6.07) is 10.9. The topological polar surface area (TPSA) is 67.8 Å². The van der Waals surface area contributed by atoms with Gasteiger partial charge in [-0.1, -0.05) is 19.1 Å². The van der Waals surface area contributed by atoms with Crippen molar-refractivity contribution in [2.24, 2.45) is 0 Å². The van der Waals surface area contributed by atoms with Gasteiger partial charge < -0.3 is 5.11 Å². The van der Waals surface area contributed by atoms with E-state index in [1.54, 1.807) is 24.3 Å². The van der Waals surface area contributed by atoms with Crippen LogP contribution >= 0.6 is 0 Å². The predicted molar refractivity (Wildman–Crippen MR) is 55.8 cm³/mol. The number of nitriles is 2. The molecule has 15 heavy (non-hydrogen) atoms. The van der Waals surface area contributed by atoms with Crippen LogP contribution < -0.4 is 0 Å². The molecule has 0 aromatic heterocycles. The molecular weight excluding hydrogens is 188 g/mol. The van der Waals surface area contributed by atoms with Crippen molar-refractivity contribution < 1.29 is 5.11 Å². The van der Waals surface area contributed by atoms with Gasteiger partial charge >= 0.3 is 0 Å². The van der Waals surface area contributed by atoms with E-state index in [4.69, 9.17) is 10.5 Å². The van der Waals surface area contributed by atoms with Crippen molar-refractivity contribution in [2.45, 2.75) is 25.4 Å². The van der Waals surface area contributed by atoms with Crippen LogP contribution in [0.25, 0.3) is 0 Å². The van der Waals surface area contributed by atoms with Crippen LogP contribution in [0.3, 0.4) is 0 Å². The summed E-state index contributed by atoms with van der Waals surface area (Å²) >= 11 is 0. The quantitative estimate of drug-likeness (QED) is 0.810. The molecule has 0 heterocycles. The molecule has 76 valence electrons. The summed E-state index contributed by atoms with van der Waals surface area (Å²) in [5.41, 5.74) is 1.21. The summed E-state index contributed by atoms with van der Waals surface area (Å²) in [5.74, 6) is -0.553. The lowest BCUT2D eigenvalue weighted by Crippen LogP contribution is -2.15. The van der Waals surface area contributed by atoms with Crippen molar-refractivity contribution in [1.82, 2.24) is 0 Å². The first-order valence-electron chi connectivity index (χ1n) is 4.80. The van der Waals surface area contributed by atoms with Gasteiger partial charge in [-0.15, -0.1) is 0 Å². The van der Waals surface area contributed by atoms with Crippen LogP contribution in [0.4, 0.5) is 0 Å². The fraction of sp³-hybridized carbons (Fsp3) is 0.333. The first-order chi connectivity index (χ1) is 7.22. The van der Waals surface area contributed by atoms with Gasteiger partial charge in [0.1, 0.15) is 0 Å². The predicted octanol–water partition coefficient (Wildman–Crippen LogP) is 1.94. The minimum absolute atomic E-state index is 0.510. The number of aliphatic hydroxyl groups is 1. The number of benzene rings is 1. The van der Waals surface area contributed by atoms with E-state index in [0.29, 0.717) is 17.5 Å². The lowest BCUT2D eigenvalue weighted by atomic mass is 9.92. The molecule has 1 N–H and O–H groups in total. The molecule has 2 atom stereocenters. The Kier molecular flexibility index (Phi) is 3.85. The highest BCUT2D eigenvalue weighted by molar-refractivity contribution is 5.36. The van der Waals surface area contributed by atoms with Crippen LogP contribution in [0.2, 0.25) is 0 Å². The molecule has 0 aliphatic carbocycles. The average molecular weight is 200 g/mol. The lowest BCUT2D eigenvalue weighted by Gasteiger charge is -2.14. The van der Waals surface area contributed by atoms with Crippen LogP contribution in [-0.4, -0.2) is 11.2 Å². The summed E-state index contributed by atoms with van der Waals surface area (Å²) in [6.45, 7) is 1.82. The van der Waals surface area contributed by atoms with Crippen molar-refractivity contribution in [3.05, 3.63) is 35.4 Å². The second kappa shape index (κ2) is 5.14. The van der Waals surface area contributed by atoms with E-state index >= 15 is 0 Å². The van der Waals surface area contributed by atoms with Gasteiger partial charge in [-0.2, -0.15) is 10.5 Å². The molecule has 0 spiro atoms. The highest BCUT2D eigenvalue weighted by atomic mass is 16.3. The van der Waals surface area contributed by atoms with Gasteiger partial charge in [-0.25, -0.2) is 0 Å². The molecule has 0 aliphatic heterocycles. The monoisotopic (exact) mass is 200 g/mol. The zero-order valence-corrected chi connectivity index (χ0v) is 8.51. The fourth-order valence-electron chi connectivity index (χ4n) is 1.42. The van der Waals surface area contributed by atoms with E-state index in [1.807, 2.05) is 13.0 Å². The van der Waals surface area contributed by atoms with Gasteiger partial charge in [0.05, 0.1) is 29.7 Å². The minimum Gasteiger partial charge on any atom is -0.391 e. The molecule has 2 unspecified atom stereocenters. The number of hydrogen-bond donors (Lipinski definition) is 1. The van der Waals surface area contributed by atoms with Crippen molar-refractivity contribution in [1.29, 1.82) is 10.5 Å². The zero-order chi connectivity index (χ0) is 11.3. The minimum atomic E-state index is -0.677. The second-order valence-electron chi connectivity index (χ2n) is 3.32. The number of nitrogens with zero attached hydrogens (tertiary/aromatic N) is 2. The Balaban J connectivity index is 3.04. The molecule has 0 bridgehead atoms. The van der Waals surface area contributed by atoms with Crippen LogP contribution in [0.15, 0.2) is 24.3 Å². The SMILES string of the molecule is CCC(O)C(C#N)c1cccc(C#N)c1. The molecule has 3 heteroatoms. The van der Waals surface area contributed by atoms with Gasteiger partial charge in [0.15, 0.2) is 0 Å². The molecule has 1 aromatic rings. The van der Waals surface area contributed by atoms with E-state index in [2.05, 4.69) is 6.07 Å². The maximum Gasteiger partial charge on any atom is 0.0991 e.